The van der Waals surface area contributed by atoms with Crippen LogP contribution < -0.4 is 0 Å². The lowest BCUT2D eigenvalue weighted by molar-refractivity contribution is -0.150. The summed E-state index contributed by atoms with van der Waals surface area (Å²) in [6.45, 7) is 4.77. The maximum atomic E-state index is 12.2. The molecule has 1 atom stereocenters. The van der Waals surface area contributed by atoms with Gasteiger partial charge in [-0.2, -0.15) is 0 Å². The molecule has 0 aliphatic rings. The standard InChI is InChI=1S/C23H27ClO3/c1-19(17-24)16-22(13-12-20-8-4-2-5-9-20)27-23(25)14-15-26-18-21-10-6-3-7-11-21/h2-11,22H,1,12-18H2/t22-/m1/s1. The van der Waals surface area contributed by atoms with Crippen molar-refractivity contribution in [2.24, 2.45) is 0 Å². The summed E-state index contributed by atoms with van der Waals surface area (Å²) in [5.41, 5.74) is 3.19. The highest BCUT2D eigenvalue weighted by Gasteiger charge is 2.16. The maximum absolute atomic E-state index is 12.2. The first-order valence-electron chi connectivity index (χ1n) is 9.25. The van der Waals surface area contributed by atoms with Crippen LogP contribution in [0.5, 0.6) is 0 Å². The first-order valence-corrected chi connectivity index (χ1v) is 9.78. The number of rotatable bonds is 12. The molecule has 0 bridgehead atoms. The molecule has 0 saturated heterocycles. The highest BCUT2D eigenvalue weighted by atomic mass is 35.5. The first-order chi connectivity index (χ1) is 13.2. The van der Waals surface area contributed by atoms with Gasteiger partial charge in [-0.1, -0.05) is 72.8 Å². The van der Waals surface area contributed by atoms with Crippen LogP contribution in [0.4, 0.5) is 0 Å². The molecule has 4 heteroatoms. The van der Waals surface area contributed by atoms with Crippen molar-refractivity contribution in [1.29, 1.82) is 0 Å². The van der Waals surface area contributed by atoms with E-state index in [1.54, 1.807) is 0 Å². The van der Waals surface area contributed by atoms with Gasteiger partial charge in [0.25, 0.3) is 0 Å². The van der Waals surface area contributed by atoms with Crippen molar-refractivity contribution in [1.82, 2.24) is 0 Å². The van der Waals surface area contributed by atoms with E-state index in [2.05, 4.69) is 18.7 Å². The van der Waals surface area contributed by atoms with Crippen LogP contribution in [0.2, 0.25) is 0 Å². The van der Waals surface area contributed by atoms with E-state index in [4.69, 9.17) is 21.1 Å². The predicted molar refractivity (Wildman–Crippen MR) is 110 cm³/mol. The Hall–Kier alpha value is -2.10. The second-order valence-electron chi connectivity index (χ2n) is 6.51. The number of hydrogen-bond acceptors (Lipinski definition) is 3. The summed E-state index contributed by atoms with van der Waals surface area (Å²) in [6.07, 6.45) is 2.21. The van der Waals surface area contributed by atoms with Crippen molar-refractivity contribution in [3.8, 4) is 0 Å². The third-order valence-electron chi connectivity index (χ3n) is 4.16. The van der Waals surface area contributed by atoms with Crippen molar-refractivity contribution < 1.29 is 14.3 Å². The number of esters is 1. The first kappa shape index (κ1) is 21.2. The molecule has 0 spiro atoms. The third kappa shape index (κ3) is 8.89. The van der Waals surface area contributed by atoms with E-state index in [0.29, 0.717) is 25.5 Å². The molecule has 0 saturated carbocycles. The lowest BCUT2D eigenvalue weighted by Gasteiger charge is -2.19. The monoisotopic (exact) mass is 386 g/mol. The Labute approximate surface area is 167 Å². The molecule has 2 aromatic rings. The Bertz CT molecular complexity index is 685. The SMILES string of the molecule is C=C(CCl)C[C@@H](CCc1ccccc1)OC(=O)CCOCc1ccccc1. The van der Waals surface area contributed by atoms with Gasteiger partial charge in [0.15, 0.2) is 0 Å². The molecule has 0 unspecified atom stereocenters. The summed E-state index contributed by atoms with van der Waals surface area (Å²) < 4.78 is 11.2. The molecule has 0 aliphatic heterocycles. The topological polar surface area (TPSA) is 35.5 Å². The van der Waals surface area contributed by atoms with Gasteiger partial charge in [0.1, 0.15) is 6.10 Å². The Morgan fingerprint density at radius 2 is 1.63 bits per heavy atom. The number of carbonyl (C=O) groups excluding carboxylic acids is 1. The number of carbonyl (C=O) groups is 1. The molecule has 0 aliphatic carbocycles. The van der Waals surface area contributed by atoms with Crippen molar-refractivity contribution >= 4 is 17.6 Å². The second kappa shape index (κ2) is 12.3. The van der Waals surface area contributed by atoms with Crippen molar-refractivity contribution in [2.75, 3.05) is 12.5 Å². The normalized spacial score (nSPS) is 11.7. The summed E-state index contributed by atoms with van der Waals surface area (Å²) in [5, 5.41) is 0. The highest BCUT2D eigenvalue weighted by Crippen LogP contribution is 2.16. The van der Waals surface area contributed by atoms with Crippen LogP contribution in [0.25, 0.3) is 0 Å². The molecule has 0 amide bonds. The van der Waals surface area contributed by atoms with E-state index in [0.717, 1.165) is 24.0 Å². The molecule has 0 aromatic heterocycles. The maximum Gasteiger partial charge on any atom is 0.308 e. The van der Waals surface area contributed by atoms with Gasteiger partial charge in [-0.25, -0.2) is 0 Å². The van der Waals surface area contributed by atoms with Gasteiger partial charge < -0.3 is 9.47 Å². The van der Waals surface area contributed by atoms with E-state index in [1.807, 2.05) is 48.5 Å². The van der Waals surface area contributed by atoms with Crippen molar-refractivity contribution in [3.05, 3.63) is 83.9 Å². The minimum absolute atomic E-state index is 0.210. The number of hydrogen-bond donors (Lipinski definition) is 0. The third-order valence-corrected chi connectivity index (χ3v) is 4.54. The number of alkyl halides is 1. The van der Waals surface area contributed by atoms with E-state index >= 15 is 0 Å². The minimum atomic E-state index is -0.247. The van der Waals surface area contributed by atoms with Crippen molar-refractivity contribution in [2.45, 2.75) is 38.4 Å². The number of aryl methyl sites for hydroxylation is 1. The van der Waals surface area contributed by atoms with Gasteiger partial charge in [-0.3, -0.25) is 4.79 Å². The molecule has 2 rings (SSSR count). The molecule has 0 heterocycles. The summed E-state index contributed by atoms with van der Waals surface area (Å²) in [6, 6.07) is 20.1. The fourth-order valence-corrected chi connectivity index (χ4v) is 2.83. The lowest BCUT2D eigenvalue weighted by atomic mass is 10.0. The van der Waals surface area contributed by atoms with E-state index in [1.165, 1.54) is 5.56 Å². The van der Waals surface area contributed by atoms with Gasteiger partial charge >= 0.3 is 5.97 Å². The average molecular weight is 387 g/mol. The molecule has 144 valence electrons. The van der Waals surface area contributed by atoms with E-state index < -0.39 is 0 Å². The number of halogens is 1. The van der Waals surface area contributed by atoms with Gasteiger partial charge in [-0.05, 0) is 24.0 Å². The summed E-state index contributed by atoms with van der Waals surface area (Å²) in [4.78, 5) is 12.2. The van der Waals surface area contributed by atoms with Crippen LogP contribution in [0, 0.1) is 0 Å². The van der Waals surface area contributed by atoms with Crippen molar-refractivity contribution in [3.63, 3.8) is 0 Å². The minimum Gasteiger partial charge on any atom is -0.462 e. The number of ether oxygens (including phenoxy) is 2. The molecule has 2 aromatic carbocycles. The van der Waals surface area contributed by atoms with Crippen LogP contribution in [-0.2, 0) is 27.3 Å². The summed E-state index contributed by atoms with van der Waals surface area (Å²) >= 11 is 5.85. The number of benzene rings is 2. The second-order valence-corrected chi connectivity index (χ2v) is 6.78. The lowest BCUT2D eigenvalue weighted by Crippen LogP contribution is -2.21. The zero-order chi connectivity index (χ0) is 19.3. The average Bonchev–Trinajstić information content (AvgIpc) is 2.71. The summed E-state index contributed by atoms with van der Waals surface area (Å²) in [7, 11) is 0. The van der Waals surface area contributed by atoms with Gasteiger partial charge in [0.2, 0.25) is 0 Å². The van der Waals surface area contributed by atoms with E-state index in [-0.39, 0.29) is 18.5 Å². The predicted octanol–water partition coefficient (Wildman–Crippen LogP) is 5.32. The molecule has 0 fully saturated rings. The molecular formula is C23H27ClO3. The Morgan fingerprint density at radius 3 is 2.26 bits per heavy atom. The van der Waals surface area contributed by atoms with Crippen LogP contribution >= 0.6 is 11.6 Å². The highest BCUT2D eigenvalue weighted by molar-refractivity contribution is 6.19. The molecular weight excluding hydrogens is 360 g/mol. The Balaban J connectivity index is 1.74. The quantitative estimate of drug-likeness (QED) is 0.214. The smallest absolute Gasteiger partial charge is 0.308 e. The zero-order valence-corrected chi connectivity index (χ0v) is 16.4. The molecule has 0 N–H and O–H groups in total. The summed E-state index contributed by atoms with van der Waals surface area (Å²) in [5.74, 6) is 0.128. The van der Waals surface area contributed by atoms with Crippen LogP contribution in [0.3, 0.4) is 0 Å². The fourth-order valence-electron chi connectivity index (χ4n) is 2.72. The fraction of sp³-hybridized carbons (Fsp3) is 0.348. The molecule has 0 radical (unpaired) electrons. The van der Waals surface area contributed by atoms with Gasteiger partial charge in [0.05, 0.1) is 19.6 Å². The van der Waals surface area contributed by atoms with Gasteiger partial charge in [0, 0.05) is 12.3 Å². The molecule has 27 heavy (non-hydrogen) atoms. The largest absolute Gasteiger partial charge is 0.462 e. The Morgan fingerprint density at radius 1 is 1.00 bits per heavy atom. The van der Waals surface area contributed by atoms with E-state index in [9.17, 15) is 4.79 Å². The van der Waals surface area contributed by atoms with Gasteiger partial charge in [-0.15, -0.1) is 11.6 Å². The van der Waals surface area contributed by atoms with Crippen LogP contribution in [0.15, 0.2) is 72.8 Å². The zero-order valence-electron chi connectivity index (χ0n) is 15.6. The van der Waals surface area contributed by atoms with Crippen LogP contribution in [0.1, 0.15) is 30.4 Å². The van der Waals surface area contributed by atoms with Crippen LogP contribution in [-0.4, -0.2) is 24.6 Å². The Kier molecular flexibility index (Phi) is 9.67. The molecule has 3 nitrogen and oxygen atoms in total.